The van der Waals surface area contributed by atoms with E-state index < -0.39 is 95.5 Å². The molecule has 0 aliphatic heterocycles. The highest BCUT2D eigenvalue weighted by atomic mass is 32.2. The second kappa shape index (κ2) is 13.4. The van der Waals surface area contributed by atoms with Crippen molar-refractivity contribution in [3.63, 3.8) is 0 Å². The zero-order valence-corrected chi connectivity index (χ0v) is 22.6. The number of carboxylic acid groups (broad SMARTS) is 1. The van der Waals surface area contributed by atoms with Crippen molar-refractivity contribution >= 4 is 44.9 Å². The molecular formula is C22H24N6O13S. The molecule has 19 nitrogen and oxygen atoms in total. The highest BCUT2D eigenvalue weighted by Crippen LogP contribution is 2.37. The molecule has 0 bridgehead atoms. The zero-order chi connectivity index (χ0) is 31.9. The molecule has 0 saturated heterocycles. The molecule has 0 fully saturated rings. The molecule has 42 heavy (non-hydrogen) atoms. The second-order valence-electron chi connectivity index (χ2n) is 8.97. The van der Waals surface area contributed by atoms with Crippen LogP contribution < -0.4 is 15.4 Å². The number of non-ortho nitro benzene ring substituents is 1. The predicted octanol–water partition coefficient (Wildman–Crippen LogP) is 0.348. The van der Waals surface area contributed by atoms with Gasteiger partial charge in [0.15, 0.2) is 0 Å². The number of sulfonamides is 1. The molecule has 0 aromatic heterocycles. The van der Waals surface area contributed by atoms with Crippen LogP contribution in [0.3, 0.4) is 0 Å². The highest BCUT2D eigenvalue weighted by Gasteiger charge is 2.41. The van der Waals surface area contributed by atoms with Gasteiger partial charge in [0.25, 0.3) is 15.7 Å². The molecule has 226 valence electrons. The number of carbonyl (C=O) groups is 3. The Labute approximate surface area is 236 Å². The van der Waals surface area contributed by atoms with Gasteiger partial charge >= 0.3 is 17.3 Å². The van der Waals surface area contributed by atoms with Gasteiger partial charge in [-0.3, -0.25) is 44.7 Å². The number of benzene rings is 2. The van der Waals surface area contributed by atoms with E-state index in [1.54, 1.807) is 0 Å². The van der Waals surface area contributed by atoms with E-state index in [0.29, 0.717) is 0 Å². The number of aliphatic carboxylic acids is 1. The lowest BCUT2D eigenvalue weighted by molar-refractivity contribution is -0.407. The minimum atomic E-state index is -5.37. The minimum Gasteiger partial charge on any atom is -0.508 e. The quantitative estimate of drug-likeness (QED) is 0.142. The molecule has 20 heteroatoms. The molecule has 0 heterocycles. The van der Waals surface area contributed by atoms with Crippen LogP contribution in [0.4, 0.5) is 17.1 Å². The Morgan fingerprint density at radius 3 is 1.86 bits per heavy atom. The molecule has 2 atom stereocenters. The molecular weight excluding hydrogens is 588 g/mol. The van der Waals surface area contributed by atoms with E-state index in [2.05, 4.69) is 10.6 Å². The van der Waals surface area contributed by atoms with Crippen molar-refractivity contribution < 1.29 is 47.8 Å². The van der Waals surface area contributed by atoms with Crippen molar-refractivity contribution in [2.45, 2.75) is 37.2 Å². The van der Waals surface area contributed by atoms with Gasteiger partial charge in [-0.1, -0.05) is 26.0 Å². The van der Waals surface area contributed by atoms with E-state index in [-0.39, 0.29) is 23.4 Å². The number of aromatic hydroxyl groups is 1. The Hall–Kier alpha value is -5.24. The average Bonchev–Trinajstić information content (AvgIpc) is 2.89. The molecule has 2 aromatic carbocycles. The normalized spacial score (nSPS) is 12.6. The molecule has 0 aliphatic carbocycles. The smallest absolute Gasteiger partial charge is 0.322 e. The van der Waals surface area contributed by atoms with E-state index >= 15 is 0 Å². The summed E-state index contributed by atoms with van der Waals surface area (Å²) < 4.78 is 28.6. The number of rotatable bonds is 14. The van der Waals surface area contributed by atoms with Crippen molar-refractivity contribution in [3.8, 4) is 5.75 Å². The third-order valence-electron chi connectivity index (χ3n) is 5.56. The fourth-order valence-electron chi connectivity index (χ4n) is 3.60. The molecule has 5 N–H and O–H groups in total. The van der Waals surface area contributed by atoms with Crippen molar-refractivity contribution in [1.29, 1.82) is 0 Å². The summed E-state index contributed by atoms with van der Waals surface area (Å²) in [5.41, 5.74) is -3.95. The van der Waals surface area contributed by atoms with Crippen LogP contribution >= 0.6 is 0 Å². The average molecular weight is 613 g/mol. The van der Waals surface area contributed by atoms with Crippen LogP contribution in [0.2, 0.25) is 0 Å². The summed E-state index contributed by atoms with van der Waals surface area (Å²) in [6.45, 7) is 2.16. The lowest BCUT2D eigenvalue weighted by Crippen LogP contribution is -2.56. The Kier molecular flexibility index (Phi) is 10.5. The standard InChI is InChI=1S/C22H24N6O13S/c1-11(2)19(22(33)23-10-18(30)31)24-21(32)15(7-12-3-5-14(29)6-4-12)25-42(40,41)20-16(27(36)37)8-13(26(34)35)9-17(20)28(38)39/h3-6,8-9,11,15,19,25,29H,7,10H2,1-2H3,(H,23,33)(H,24,32)(H,30,31). The number of nitrogens with one attached hydrogen (secondary N) is 3. The first-order chi connectivity index (χ1) is 19.4. The lowest BCUT2D eigenvalue weighted by atomic mass is 10.0. The van der Waals surface area contributed by atoms with Crippen molar-refractivity contribution in [2.24, 2.45) is 5.92 Å². The fraction of sp³-hybridized carbons (Fsp3) is 0.318. The maximum absolute atomic E-state index is 13.4. The van der Waals surface area contributed by atoms with E-state index in [4.69, 9.17) is 5.11 Å². The number of carbonyl (C=O) groups excluding carboxylic acids is 2. The molecule has 0 spiro atoms. The summed E-state index contributed by atoms with van der Waals surface area (Å²) in [4.78, 5) is 65.6. The summed E-state index contributed by atoms with van der Waals surface area (Å²) in [6.07, 6.45) is -0.512. The molecule has 2 aromatic rings. The number of hydrogen-bond donors (Lipinski definition) is 5. The topological polar surface area (TPSA) is 291 Å². The Morgan fingerprint density at radius 1 is 0.905 bits per heavy atom. The van der Waals surface area contributed by atoms with Crippen LogP contribution in [0.25, 0.3) is 0 Å². The van der Waals surface area contributed by atoms with Crippen LogP contribution in [-0.4, -0.2) is 69.8 Å². The minimum absolute atomic E-state index is 0.188. The van der Waals surface area contributed by atoms with Gasteiger partial charge in [0.05, 0.1) is 26.9 Å². The van der Waals surface area contributed by atoms with Gasteiger partial charge in [-0.25, -0.2) is 8.42 Å². The van der Waals surface area contributed by atoms with Crippen LogP contribution in [0, 0.1) is 36.3 Å². The highest BCUT2D eigenvalue weighted by molar-refractivity contribution is 7.89. The summed E-state index contributed by atoms with van der Waals surface area (Å²) in [6, 6.07) is 2.09. The Bertz CT molecular complexity index is 1490. The third kappa shape index (κ3) is 8.38. The number of phenolic OH excluding ortho intramolecular Hbond substituents is 1. The van der Waals surface area contributed by atoms with Crippen LogP contribution in [-0.2, 0) is 30.8 Å². The number of nitrogens with zero attached hydrogens (tertiary/aromatic N) is 3. The van der Waals surface area contributed by atoms with Gasteiger partial charge in [0.2, 0.25) is 16.7 Å². The lowest BCUT2D eigenvalue weighted by Gasteiger charge is -2.25. The van der Waals surface area contributed by atoms with Crippen LogP contribution in [0.5, 0.6) is 5.75 Å². The van der Waals surface area contributed by atoms with Crippen molar-refractivity contribution in [1.82, 2.24) is 15.4 Å². The number of nitro benzene ring substituents is 3. The van der Waals surface area contributed by atoms with Crippen LogP contribution in [0.1, 0.15) is 19.4 Å². The first-order valence-electron chi connectivity index (χ1n) is 11.7. The molecule has 0 radical (unpaired) electrons. The maximum Gasteiger partial charge on any atom is 0.322 e. The maximum atomic E-state index is 13.4. The fourth-order valence-corrected chi connectivity index (χ4v) is 5.10. The summed E-state index contributed by atoms with van der Waals surface area (Å²) in [5, 5.41) is 57.1. The third-order valence-corrected chi connectivity index (χ3v) is 7.11. The van der Waals surface area contributed by atoms with Crippen LogP contribution in [0.15, 0.2) is 41.3 Å². The van der Waals surface area contributed by atoms with Gasteiger partial charge < -0.3 is 20.8 Å². The first-order valence-corrected chi connectivity index (χ1v) is 13.1. The van der Waals surface area contributed by atoms with Crippen molar-refractivity contribution in [2.75, 3.05) is 6.54 Å². The van der Waals surface area contributed by atoms with Gasteiger partial charge in [-0.05, 0) is 30.0 Å². The van der Waals surface area contributed by atoms with Gasteiger partial charge in [0, 0.05) is 0 Å². The number of phenols is 1. The van der Waals surface area contributed by atoms with Gasteiger partial charge in [0.1, 0.15) is 24.4 Å². The molecule has 2 amide bonds. The summed E-state index contributed by atoms with van der Waals surface area (Å²) >= 11 is 0. The summed E-state index contributed by atoms with van der Waals surface area (Å²) in [7, 11) is -5.37. The number of nitro groups is 3. The Morgan fingerprint density at radius 2 is 1.43 bits per heavy atom. The van der Waals surface area contributed by atoms with E-state index in [1.165, 1.54) is 38.1 Å². The first kappa shape index (κ1) is 33.0. The van der Waals surface area contributed by atoms with Crippen molar-refractivity contribution in [3.05, 3.63) is 72.3 Å². The largest absolute Gasteiger partial charge is 0.508 e. The molecule has 0 saturated carbocycles. The number of amides is 2. The SMILES string of the molecule is CC(C)C(NC(=O)C(Cc1ccc(O)cc1)NS(=O)(=O)c1c([N+](=O)[O-])cc([N+](=O)[O-])cc1[N+](=O)[O-])C(=O)NCC(=O)O. The Balaban J connectivity index is 2.62. The predicted molar refractivity (Wildman–Crippen MR) is 140 cm³/mol. The number of carboxylic acids is 1. The summed E-state index contributed by atoms with van der Waals surface area (Å²) in [5.74, 6) is -4.36. The second-order valence-corrected chi connectivity index (χ2v) is 10.6. The zero-order valence-electron chi connectivity index (χ0n) is 21.7. The van der Waals surface area contributed by atoms with Gasteiger partial charge in [-0.15, -0.1) is 0 Å². The molecule has 0 aliphatic rings. The number of hydrogen-bond acceptors (Lipinski definition) is 12. The monoisotopic (exact) mass is 612 g/mol. The van der Waals surface area contributed by atoms with Gasteiger partial charge in [-0.2, -0.15) is 4.72 Å². The van der Waals surface area contributed by atoms with E-state index in [9.17, 15) is 58.3 Å². The molecule has 2 rings (SSSR count). The molecule has 2 unspecified atom stereocenters. The van der Waals surface area contributed by atoms with E-state index in [0.717, 1.165) is 0 Å². The van der Waals surface area contributed by atoms with E-state index in [1.807, 2.05) is 4.72 Å².